The van der Waals surface area contributed by atoms with E-state index in [1.165, 1.54) is 11.5 Å². The van der Waals surface area contributed by atoms with Crippen molar-refractivity contribution in [3.05, 3.63) is 20.8 Å². The summed E-state index contributed by atoms with van der Waals surface area (Å²) in [4.78, 5) is 34.7. The molecule has 0 aliphatic heterocycles. The molecule has 0 fully saturated rings. The van der Waals surface area contributed by atoms with Crippen LogP contribution >= 0.6 is 0 Å². The number of nitrogens with two attached hydrogens (primary N) is 1. The topological polar surface area (TPSA) is 99.1 Å². The molecule has 1 rings (SSSR count). The molecule has 0 aliphatic carbocycles. The molecule has 17 heavy (non-hydrogen) atoms. The molecular weight excluding hydrogens is 224 g/mol. The number of nitrogens with one attached hydrogen (secondary N) is 1. The van der Waals surface area contributed by atoms with E-state index in [1.54, 1.807) is 13.8 Å². The molecule has 7 nitrogen and oxygen atoms in total. The van der Waals surface area contributed by atoms with E-state index in [0.29, 0.717) is 6.54 Å². The molecule has 0 atom stereocenters. The molecular formula is C10H16N4O3. The van der Waals surface area contributed by atoms with Crippen LogP contribution in [0.4, 0.5) is 11.5 Å². The SMILES string of the molecule is CCn1c(N)c(NC(C)=O)c(=O)n(CC)c1=O. The average molecular weight is 240 g/mol. The molecule has 0 spiro atoms. The maximum absolute atomic E-state index is 11.9. The number of carbonyl (C=O) groups excluding carboxylic acids is 1. The first-order chi connectivity index (χ1) is 7.93. The Kier molecular flexibility index (Phi) is 3.72. The van der Waals surface area contributed by atoms with Crippen molar-refractivity contribution in [3.8, 4) is 0 Å². The Hall–Kier alpha value is -2.05. The molecule has 0 radical (unpaired) electrons. The van der Waals surface area contributed by atoms with Crippen molar-refractivity contribution in [3.63, 3.8) is 0 Å². The Morgan fingerprint density at radius 3 is 2.18 bits per heavy atom. The lowest BCUT2D eigenvalue weighted by molar-refractivity contribution is -0.114. The Morgan fingerprint density at radius 1 is 1.24 bits per heavy atom. The van der Waals surface area contributed by atoms with E-state index >= 15 is 0 Å². The van der Waals surface area contributed by atoms with Gasteiger partial charge in [0.1, 0.15) is 11.5 Å². The summed E-state index contributed by atoms with van der Waals surface area (Å²) in [5.74, 6) is -0.417. The fourth-order valence-electron chi connectivity index (χ4n) is 1.59. The van der Waals surface area contributed by atoms with Crippen molar-refractivity contribution in [1.82, 2.24) is 9.13 Å². The second kappa shape index (κ2) is 4.86. The molecule has 0 saturated heterocycles. The van der Waals surface area contributed by atoms with Gasteiger partial charge in [-0.15, -0.1) is 0 Å². The second-order valence-electron chi connectivity index (χ2n) is 3.52. The van der Waals surface area contributed by atoms with E-state index in [9.17, 15) is 14.4 Å². The smallest absolute Gasteiger partial charge is 0.332 e. The lowest BCUT2D eigenvalue weighted by Gasteiger charge is -2.14. The van der Waals surface area contributed by atoms with Gasteiger partial charge in [0.2, 0.25) is 5.91 Å². The summed E-state index contributed by atoms with van der Waals surface area (Å²) in [5, 5.41) is 2.36. The zero-order chi connectivity index (χ0) is 13.2. The highest BCUT2D eigenvalue weighted by Gasteiger charge is 2.16. The minimum absolute atomic E-state index is 0.0117. The summed E-state index contributed by atoms with van der Waals surface area (Å²) < 4.78 is 2.28. The molecule has 0 saturated carbocycles. The fraction of sp³-hybridized carbons (Fsp3) is 0.500. The zero-order valence-electron chi connectivity index (χ0n) is 10.1. The predicted octanol–water partition coefficient (Wildman–Crippen LogP) is -0.410. The van der Waals surface area contributed by atoms with Crippen LogP contribution in [0.25, 0.3) is 0 Å². The van der Waals surface area contributed by atoms with Gasteiger partial charge in [0.15, 0.2) is 0 Å². The molecule has 1 aromatic heterocycles. The van der Waals surface area contributed by atoms with Gasteiger partial charge >= 0.3 is 5.69 Å². The van der Waals surface area contributed by atoms with E-state index < -0.39 is 17.2 Å². The molecule has 1 aromatic rings. The highest BCUT2D eigenvalue weighted by molar-refractivity contribution is 5.91. The molecule has 0 aromatic carbocycles. The van der Waals surface area contributed by atoms with Crippen LogP contribution in [0.5, 0.6) is 0 Å². The van der Waals surface area contributed by atoms with Crippen molar-refractivity contribution in [2.24, 2.45) is 0 Å². The molecule has 7 heteroatoms. The van der Waals surface area contributed by atoms with E-state index in [1.807, 2.05) is 0 Å². The molecule has 94 valence electrons. The van der Waals surface area contributed by atoms with Crippen LogP contribution in [0.3, 0.4) is 0 Å². The first-order valence-corrected chi connectivity index (χ1v) is 5.34. The van der Waals surface area contributed by atoms with Crippen molar-refractivity contribution in [1.29, 1.82) is 0 Å². The zero-order valence-corrected chi connectivity index (χ0v) is 10.1. The Morgan fingerprint density at radius 2 is 1.76 bits per heavy atom. The first kappa shape index (κ1) is 13.0. The Labute approximate surface area is 97.9 Å². The number of rotatable bonds is 3. The normalized spacial score (nSPS) is 10.3. The number of nitrogen functional groups attached to an aromatic ring is 1. The molecule has 0 bridgehead atoms. The average Bonchev–Trinajstić information content (AvgIpc) is 2.25. The van der Waals surface area contributed by atoms with Crippen LogP contribution in [0.1, 0.15) is 20.8 Å². The summed E-state index contributed by atoms with van der Waals surface area (Å²) in [6.07, 6.45) is 0. The number of hydrogen-bond acceptors (Lipinski definition) is 4. The third-order valence-corrected chi connectivity index (χ3v) is 2.40. The second-order valence-corrected chi connectivity index (χ2v) is 3.52. The molecule has 1 amide bonds. The summed E-state index contributed by atoms with van der Waals surface area (Å²) in [5.41, 5.74) is 4.62. The van der Waals surface area contributed by atoms with Gasteiger partial charge in [0.05, 0.1) is 0 Å². The number of aromatic nitrogens is 2. The van der Waals surface area contributed by atoms with Crippen molar-refractivity contribution in [2.45, 2.75) is 33.9 Å². The van der Waals surface area contributed by atoms with Gasteiger partial charge in [-0.3, -0.25) is 18.7 Å². The van der Waals surface area contributed by atoms with Crippen LogP contribution in [-0.4, -0.2) is 15.0 Å². The molecule has 0 unspecified atom stereocenters. The lowest BCUT2D eigenvalue weighted by Crippen LogP contribution is -2.42. The van der Waals surface area contributed by atoms with Gasteiger partial charge in [0.25, 0.3) is 5.56 Å². The van der Waals surface area contributed by atoms with Gasteiger partial charge in [0, 0.05) is 20.0 Å². The largest absolute Gasteiger partial charge is 0.383 e. The monoisotopic (exact) mass is 240 g/mol. The van der Waals surface area contributed by atoms with E-state index in [0.717, 1.165) is 4.57 Å². The minimum atomic E-state index is -0.574. The first-order valence-electron chi connectivity index (χ1n) is 5.34. The van der Waals surface area contributed by atoms with Crippen LogP contribution in [-0.2, 0) is 17.9 Å². The number of nitrogens with zero attached hydrogens (tertiary/aromatic N) is 2. The van der Waals surface area contributed by atoms with E-state index in [-0.39, 0.29) is 18.1 Å². The Balaban J connectivity index is 3.66. The van der Waals surface area contributed by atoms with Gasteiger partial charge in [-0.25, -0.2) is 4.79 Å². The lowest BCUT2D eigenvalue weighted by atomic mass is 10.4. The van der Waals surface area contributed by atoms with Gasteiger partial charge in [-0.2, -0.15) is 0 Å². The number of carbonyl (C=O) groups is 1. The maximum Gasteiger partial charge on any atom is 0.332 e. The Bertz CT molecular complexity index is 556. The minimum Gasteiger partial charge on any atom is -0.383 e. The highest BCUT2D eigenvalue weighted by Crippen LogP contribution is 2.10. The predicted molar refractivity (Wildman–Crippen MR) is 65.0 cm³/mol. The van der Waals surface area contributed by atoms with Crippen LogP contribution in [0.15, 0.2) is 9.59 Å². The van der Waals surface area contributed by atoms with Crippen LogP contribution in [0.2, 0.25) is 0 Å². The third-order valence-electron chi connectivity index (χ3n) is 2.40. The van der Waals surface area contributed by atoms with Gasteiger partial charge in [-0.05, 0) is 13.8 Å². The molecule has 3 N–H and O–H groups in total. The number of hydrogen-bond donors (Lipinski definition) is 2. The van der Waals surface area contributed by atoms with Crippen LogP contribution < -0.4 is 22.3 Å². The van der Waals surface area contributed by atoms with Crippen molar-refractivity contribution >= 4 is 17.4 Å². The van der Waals surface area contributed by atoms with E-state index in [2.05, 4.69) is 5.32 Å². The summed E-state index contributed by atoms with van der Waals surface area (Å²) in [7, 11) is 0. The summed E-state index contributed by atoms with van der Waals surface area (Å²) >= 11 is 0. The van der Waals surface area contributed by atoms with E-state index in [4.69, 9.17) is 5.73 Å². The summed E-state index contributed by atoms with van der Waals surface area (Å²) in [6.45, 7) is 5.24. The number of amides is 1. The number of anilines is 2. The van der Waals surface area contributed by atoms with Crippen molar-refractivity contribution in [2.75, 3.05) is 11.1 Å². The standard InChI is InChI=1S/C10H16N4O3/c1-4-13-8(11)7(12-6(3)15)9(16)14(5-2)10(13)17/h4-5,11H2,1-3H3,(H,12,15). The van der Waals surface area contributed by atoms with Gasteiger partial charge in [-0.1, -0.05) is 0 Å². The van der Waals surface area contributed by atoms with Crippen LogP contribution in [0, 0.1) is 0 Å². The molecule has 0 aliphatic rings. The fourth-order valence-corrected chi connectivity index (χ4v) is 1.59. The highest BCUT2D eigenvalue weighted by atomic mass is 16.2. The van der Waals surface area contributed by atoms with Crippen molar-refractivity contribution < 1.29 is 4.79 Å². The van der Waals surface area contributed by atoms with Gasteiger partial charge < -0.3 is 11.1 Å². The maximum atomic E-state index is 11.9. The summed E-state index contributed by atoms with van der Waals surface area (Å²) in [6, 6.07) is 0. The third kappa shape index (κ3) is 2.22. The quantitative estimate of drug-likeness (QED) is 0.750. The molecule has 1 heterocycles.